The molecule has 0 spiro atoms. The van der Waals surface area contributed by atoms with E-state index in [1.807, 2.05) is 30.6 Å². The number of anilines is 2. The van der Waals surface area contributed by atoms with E-state index in [-0.39, 0.29) is 30.2 Å². The van der Waals surface area contributed by atoms with Crippen LogP contribution in [0.25, 0.3) is 0 Å². The van der Waals surface area contributed by atoms with Gasteiger partial charge in [0.15, 0.2) is 0 Å². The standard InChI is InChI=1S/C26H36FN5O5/c1-26(2,3)37-25(36)32-10-8-17(9-11-32)24(35)31-14-12-30(13-15-31)21-6-4-18(16-19(21)27)28-20-5-7-22(33)29-23(20)34/h4,6,16-17,20,28H,5,7-15H2,1-3H3,(H,29,33,34). The number of carbonyl (C=O) groups is 4. The normalized spacial score (nSPS) is 21.5. The van der Waals surface area contributed by atoms with Gasteiger partial charge in [-0.2, -0.15) is 0 Å². The molecule has 3 heterocycles. The lowest BCUT2D eigenvalue weighted by Gasteiger charge is -2.39. The molecular weight excluding hydrogens is 481 g/mol. The fourth-order valence-corrected chi connectivity index (χ4v) is 4.95. The summed E-state index contributed by atoms with van der Waals surface area (Å²) >= 11 is 0. The van der Waals surface area contributed by atoms with Crippen molar-refractivity contribution < 1.29 is 28.3 Å². The van der Waals surface area contributed by atoms with E-state index in [1.54, 1.807) is 17.0 Å². The van der Waals surface area contributed by atoms with Crippen LogP contribution in [-0.4, -0.2) is 84.5 Å². The fraction of sp³-hybridized carbons (Fsp3) is 0.615. The minimum atomic E-state index is -0.575. The van der Waals surface area contributed by atoms with E-state index in [4.69, 9.17) is 4.74 Å². The molecule has 1 atom stereocenters. The number of amides is 4. The molecule has 3 aliphatic heterocycles. The van der Waals surface area contributed by atoms with E-state index in [0.717, 1.165) is 0 Å². The average Bonchev–Trinajstić information content (AvgIpc) is 2.85. The number of halogens is 1. The Balaban J connectivity index is 1.25. The zero-order chi connectivity index (χ0) is 26.7. The van der Waals surface area contributed by atoms with Crippen LogP contribution in [-0.2, 0) is 19.1 Å². The van der Waals surface area contributed by atoms with E-state index in [0.29, 0.717) is 69.9 Å². The number of carbonyl (C=O) groups excluding carboxylic acids is 4. The Morgan fingerprint density at radius 1 is 1.00 bits per heavy atom. The van der Waals surface area contributed by atoms with Crippen LogP contribution in [0.1, 0.15) is 46.5 Å². The van der Waals surface area contributed by atoms with Gasteiger partial charge in [0, 0.05) is 57.3 Å². The molecule has 10 nitrogen and oxygen atoms in total. The van der Waals surface area contributed by atoms with Crippen molar-refractivity contribution in [3.8, 4) is 0 Å². The number of likely N-dealkylation sites (tertiary alicyclic amines) is 1. The number of hydrogen-bond acceptors (Lipinski definition) is 7. The minimum absolute atomic E-state index is 0.0905. The van der Waals surface area contributed by atoms with Gasteiger partial charge in [-0.3, -0.25) is 19.7 Å². The van der Waals surface area contributed by atoms with E-state index in [9.17, 15) is 23.6 Å². The zero-order valence-electron chi connectivity index (χ0n) is 21.7. The number of ether oxygens (including phenoxy) is 1. The van der Waals surface area contributed by atoms with Gasteiger partial charge in [0.2, 0.25) is 17.7 Å². The third kappa shape index (κ3) is 6.69. The Bertz CT molecular complexity index is 1040. The van der Waals surface area contributed by atoms with Crippen molar-refractivity contribution in [3.63, 3.8) is 0 Å². The molecule has 0 saturated carbocycles. The molecule has 0 radical (unpaired) electrons. The maximum Gasteiger partial charge on any atom is 0.410 e. The van der Waals surface area contributed by atoms with Crippen LogP contribution in [0.2, 0.25) is 0 Å². The van der Waals surface area contributed by atoms with E-state index in [1.165, 1.54) is 6.07 Å². The van der Waals surface area contributed by atoms with Gasteiger partial charge in [0.05, 0.1) is 5.69 Å². The summed E-state index contributed by atoms with van der Waals surface area (Å²) in [5, 5.41) is 5.28. The topological polar surface area (TPSA) is 111 Å². The molecule has 37 heavy (non-hydrogen) atoms. The zero-order valence-corrected chi connectivity index (χ0v) is 21.7. The molecule has 1 aromatic carbocycles. The quantitative estimate of drug-likeness (QED) is 0.590. The number of imide groups is 1. The van der Waals surface area contributed by atoms with Crippen molar-refractivity contribution in [3.05, 3.63) is 24.0 Å². The molecule has 11 heteroatoms. The van der Waals surface area contributed by atoms with Gasteiger partial charge >= 0.3 is 6.09 Å². The molecule has 4 rings (SSSR count). The highest BCUT2D eigenvalue weighted by molar-refractivity contribution is 6.01. The smallest absolute Gasteiger partial charge is 0.410 e. The number of nitrogens with one attached hydrogen (secondary N) is 2. The molecule has 3 saturated heterocycles. The molecule has 0 aliphatic carbocycles. The second-order valence-electron chi connectivity index (χ2n) is 10.9. The second kappa shape index (κ2) is 10.9. The summed E-state index contributed by atoms with van der Waals surface area (Å²) in [6.45, 7) is 8.52. The summed E-state index contributed by atoms with van der Waals surface area (Å²) in [4.78, 5) is 54.0. The lowest BCUT2D eigenvalue weighted by atomic mass is 9.95. The first-order chi connectivity index (χ1) is 17.5. The first-order valence-electron chi connectivity index (χ1n) is 12.9. The highest BCUT2D eigenvalue weighted by atomic mass is 19.1. The Morgan fingerprint density at radius 2 is 1.68 bits per heavy atom. The van der Waals surface area contributed by atoms with Crippen molar-refractivity contribution in [1.82, 2.24) is 15.1 Å². The monoisotopic (exact) mass is 517 g/mol. The van der Waals surface area contributed by atoms with Gasteiger partial charge < -0.3 is 24.8 Å². The third-order valence-corrected chi connectivity index (χ3v) is 6.96. The minimum Gasteiger partial charge on any atom is -0.444 e. The predicted octanol–water partition coefficient (Wildman–Crippen LogP) is 2.34. The van der Waals surface area contributed by atoms with Crippen molar-refractivity contribution >= 4 is 35.2 Å². The predicted molar refractivity (Wildman–Crippen MR) is 136 cm³/mol. The van der Waals surface area contributed by atoms with Gasteiger partial charge in [-0.15, -0.1) is 0 Å². The van der Waals surface area contributed by atoms with Gasteiger partial charge in [0.1, 0.15) is 17.5 Å². The van der Waals surface area contributed by atoms with Crippen LogP contribution in [0.3, 0.4) is 0 Å². The highest BCUT2D eigenvalue weighted by Gasteiger charge is 2.33. The van der Waals surface area contributed by atoms with Crippen LogP contribution in [0.15, 0.2) is 18.2 Å². The summed E-state index contributed by atoms with van der Waals surface area (Å²) in [6.07, 6.45) is 1.48. The number of piperazine rings is 1. The maximum absolute atomic E-state index is 14.9. The van der Waals surface area contributed by atoms with Gasteiger partial charge in [-0.25, -0.2) is 9.18 Å². The lowest BCUT2D eigenvalue weighted by Crippen LogP contribution is -2.52. The Hall–Kier alpha value is -3.37. The van der Waals surface area contributed by atoms with Crippen LogP contribution < -0.4 is 15.5 Å². The Labute approximate surface area is 216 Å². The Kier molecular flexibility index (Phi) is 7.89. The van der Waals surface area contributed by atoms with Crippen LogP contribution >= 0.6 is 0 Å². The second-order valence-corrected chi connectivity index (χ2v) is 10.9. The number of rotatable bonds is 4. The molecule has 1 unspecified atom stereocenters. The van der Waals surface area contributed by atoms with Crippen LogP contribution in [0.5, 0.6) is 0 Å². The van der Waals surface area contributed by atoms with E-state index >= 15 is 0 Å². The summed E-state index contributed by atoms with van der Waals surface area (Å²) < 4.78 is 20.4. The van der Waals surface area contributed by atoms with Gasteiger partial charge in [0.25, 0.3) is 0 Å². The molecule has 2 N–H and O–H groups in total. The highest BCUT2D eigenvalue weighted by Crippen LogP contribution is 2.27. The molecule has 3 aliphatic rings. The Morgan fingerprint density at radius 3 is 2.27 bits per heavy atom. The molecule has 3 fully saturated rings. The van der Waals surface area contributed by atoms with Crippen LogP contribution in [0.4, 0.5) is 20.6 Å². The number of benzene rings is 1. The van der Waals surface area contributed by atoms with E-state index in [2.05, 4.69) is 10.6 Å². The van der Waals surface area contributed by atoms with E-state index < -0.39 is 23.4 Å². The lowest BCUT2D eigenvalue weighted by molar-refractivity contribution is -0.137. The van der Waals surface area contributed by atoms with Crippen LogP contribution in [0, 0.1) is 11.7 Å². The molecular formula is C26H36FN5O5. The largest absolute Gasteiger partial charge is 0.444 e. The first-order valence-corrected chi connectivity index (χ1v) is 12.9. The fourth-order valence-electron chi connectivity index (χ4n) is 4.95. The molecule has 202 valence electrons. The average molecular weight is 518 g/mol. The summed E-state index contributed by atoms with van der Waals surface area (Å²) in [5.74, 6) is -1.15. The molecule has 4 amide bonds. The first kappa shape index (κ1) is 26.7. The summed E-state index contributed by atoms with van der Waals surface area (Å²) in [7, 11) is 0. The van der Waals surface area contributed by atoms with Gasteiger partial charge in [-0.05, 0) is 58.2 Å². The third-order valence-electron chi connectivity index (χ3n) is 6.96. The number of piperidine rings is 2. The van der Waals surface area contributed by atoms with Crippen molar-refractivity contribution in [2.75, 3.05) is 49.5 Å². The maximum atomic E-state index is 14.9. The summed E-state index contributed by atoms with van der Waals surface area (Å²) in [5.41, 5.74) is 0.377. The van der Waals surface area contributed by atoms with Crippen molar-refractivity contribution in [1.29, 1.82) is 0 Å². The number of nitrogens with zero attached hydrogens (tertiary/aromatic N) is 3. The molecule has 0 aromatic heterocycles. The SMILES string of the molecule is CC(C)(C)OC(=O)N1CCC(C(=O)N2CCN(c3ccc(NC4CCC(=O)NC4=O)cc3F)CC2)CC1. The van der Waals surface area contributed by atoms with Crippen molar-refractivity contribution in [2.24, 2.45) is 5.92 Å². The molecule has 0 bridgehead atoms. The van der Waals surface area contributed by atoms with Crippen molar-refractivity contribution in [2.45, 2.75) is 58.1 Å². The molecule has 1 aromatic rings. The number of hydrogen-bond donors (Lipinski definition) is 2. The summed E-state index contributed by atoms with van der Waals surface area (Å²) in [6, 6.07) is 4.18. The van der Waals surface area contributed by atoms with Gasteiger partial charge in [-0.1, -0.05) is 0 Å².